The molecule has 2 aliphatic heterocycles. The number of carbonyl (C=O) groups is 2. The molecule has 35 heavy (non-hydrogen) atoms. The molecular weight excluding hydrogens is 463 g/mol. The molecule has 178 valence electrons. The van der Waals surface area contributed by atoms with E-state index in [4.69, 9.17) is 4.98 Å². The molecule has 0 saturated carbocycles. The maximum atomic E-state index is 14.9. The van der Waals surface area contributed by atoms with Gasteiger partial charge in [-0.2, -0.15) is 0 Å². The smallest absolute Gasteiger partial charge is 0.263 e. The molecule has 1 fully saturated rings. The standard InChI is InChI=1S/C27H25FN4O2S/c1-15-13-29-25-24-18-3-5-22(31-21(18)6-7-23(24)35-26(25)27(34)30-15)19-12-17(2-4-20(19)28)32-10-8-16(14-33)9-11-32/h2-7,12,14-16,29H,8-11,13H2,1H3,(H,30,34)/t15-/m1/s1. The van der Waals surface area contributed by atoms with Gasteiger partial charge in [0.15, 0.2) is 0 Å². The number of benzene rings is 2. The molecule has 2 aliphatic rings. The van der Waals surface area contributed by atoms with Crippen LogP contribution in [0.15, 0.2) is 42.5 Å². The molecule has 4 aromatic rings. The zero-order valence-corrected chi connectivity index (χ0v) is 20.1. The highest BCUT2D eigenvalue weighted by atomic mass is 32.1. The minimum Gasteiger partial charge on any atom is -0.381 e. The third-order valence-corrected chi connectivity index (χ3v) is 8.17. The van der Waals surface area contributed by atoms with Crippen molar-refractivity contribution in [1.82, 2.24) is 10.3 Å². The Kier molecular flexibility index (Phi) is 5.40. The van der Waals surface area contributed by atoms with Crippen molar-refractivity contribution in [2.45, 2.75) is 25.8 Å². The first-order valence-electron chi connectivity index (χ1n) is 11.9. The number of thiophene rings is 1. The first kappa shape index (κ1) is 22.0. The van der Waals surface area contributed by atoms with Gasteiger partial charge < -0.3 is 20.3 Å². The Bertz CT molecular complexity index is 1480. The summed E-state index contributed by atoms with van der Waals surface area (Å²) >= 11 is 1.47. The van der Waals surface area contributed by atoms with E-state index in [0.29, 0.717) is 22.7 Å². The topological polar surface area (TPSA) is 74.3 Å². The SMILES string of the molecule is C[C@@H]1CNc2c(sc3ccc4nc(-c5cc(N6CCC(C=O)CC6)ccc5F)ccc4c23)C(=O)N1. The van der Waals surface area contributed by atoms with Crippen LogP contribution in [0.2, 0.25) is 0 Å². The number of aromatic nitrogens is 1. The Balaban J connectivity index is 1.41. The highest BCUT2D eigenvalue weighted by molar-refractivity contribution is 7.21. The number of hydrogen-bond acceptors (Lipinski definition) is 6. The molecule has 0 unspecified atom stereocenters. The molecule has 2 aromatic heterocycles. The minimum absolute atomic E-state index is 0.0383. The quantitative estimate of drug-likeness (QED) is 0.387. The number of nitrogens with one attached hydrogen (secondary N) is 2. The summed E-state index contributed by atoms with van der Waals surface area (Å²) in [6.45, 7) is 4.18. The molecule has 2 N–H and O–H groups in total. The van der Waals surface area contributed by atoms with Crippen molar-refractivity contribution in [3.63, 3.8) is 0 Å². The second-order valence-electron chi connectivity index (χ2n) is 9.39. The molecule has 6 nitrogen and oxygen atoms in total. The van der Waals surface area contributed by atoms with Crippen LogP contribution in [0.4, 0.5) is 15.8 Å². The predicted octanol–water partition coefficient (Wildman–Crippen LogP) is 5.21. The second kappa shape index (κ2) is 8.61. The lowest BCUT2D eigenvalue weighted by Gasteiger charge is -2.31. The summed E-state index contributed by atoms with van der Waals surface area (Å²) in [6.07, 6.45) is 2.67. The van der Waals surface area contributed by atoms with E-state index in [0.717, 1.165) is 64.6 Å². The van der Waals surface area contributed by atoms with Crippen LogP contribution in [0.25, 0.3) is 32.2 Å². The van der Waals surface area contributed by atoms with Crippen LogP contribution in [0.1, 0.15) is 29.4 Å². The molecule has 0 radical (unpaired) electrons. The van der Waals surface area contributed by atoms with Crippen molar-refractivity contribution in [2.75, 3.05) is 29.9 Å². The maximum Gasteiger partial charge on any atom is 0.263 e. The summed E-state index contributed by atoms with van der Waals surface area (Å²) in [4.78, 5) is 31.5. The van der Waals surface area contributed by atoms with Gasteiger partial charge in [0.05, 0.1) is 16.9 Å². The van der Waals surface area contributed by atoms with E-state index in [1.165, 1.54) is 17.4 Å². The lowest BCUT2D eigenvalue weighted by Crippen LogP contribution is -2.34. The van der Waals surface area contributed by atoms with E-state index < -0.39 is 0 Å². The summed E-state index contributed by atoms with van der Waals surface area (Å²) in [5, 5.41) is 8.37. The fourth-order valence-electron chi connectivity index (χ4n) is 5.08. The monoisotopic (exact) mass is 488 g/mol. The van der Waals surface area contributed by atoms with Gasteiger partial charge in [0.1, 0.15) is 17.0 Å². The van der Waals surface area contributed by atoms with Gasteiger partial charge in [-0.1, -0.05) is 0 Å². The second-order valence-corrected chi connectivity index (χ2v) is 10.4. The molecule has 0 bridgehead atoms. The molecule has 1 atom stereocenters. The van der Waals surface area contributed by atoms with Gasteiger partial charge in [0.2, 0.25) is 0 Å². The van der Waals surface area contributed by atoms with Crippen molar-refractivity contribution in [3.8, 4) is 11.3 Å². The van der Waals surface area contributed by atoms with Crippen LogP contribution in [0, 0.1) is 11.7 Å². The van der Waals surface area contributed by atoms with Crippen LogP contribution < -0.4 is 15.5 Å². The van der Waals surface area contributed by atoms with Crippen molar-refractivity contribution in [3.05, 3.63) is 53.2 Å². The first-order chi connectivity index (χ1) is 17.0. The lowest BCUT2D eigenvalue weighted by molar-refractivity contribution is -0.111. The molecule has 1 amide bonds. The molecule has 0 aliphatic carbocycles. The number of fused-ring (bicyclic) bond motifs is 5. The number of aldehydes is 1. The molecule has 4 heterocycles. The normalized spacial score (nSPS) is 18.7. The number of nitrogens with zero attached hydrogens (tertiary/aromatic N) is 2. The summed E-state index contributed by atoms with van der Waals surface area (Å²) in [5.41, 5.74) is 3.57. The lowest BCUT2D eigenvalue weighted by atomic mass is 9.97. The van der Waals surface area contributed by atoms with Crippen molar-refractivity contribution in [1.29, 1.82) is 0 Å². The van der Waals surface area contributed by atoms with Gasteiger partial charge in [-0.3, -0.25) is 4.79 Å². The highest BCUT2D eigenvalue weighted by Gasteiger charge is 2.25. The molecule has 6 rings (SSSR count). The summed E-state index contributed by atoms with van der Waals surface area (Å²) < 4.78 is 15.9. The van der Waals surface area contributed by atoms with E-state index in [2.05, 4.69) is 15.5 Å². The van der Waals surface area contributed by atoms with Gasteiger partial charge in [-0.05, 0) is 62.2 Å². The Morgan fingerprint density at radius 3 is 2.77 bits per heavy atom. The summed E-state index contributed by atoms with van der Waals surface area (Å²) in [5.74, 6) is -0.269. The van der Waals surface area contributed by atoms with E-state index in [9.17, 15) is 14.0 Å². The van der Waals surface area contributed by atoms with Gasteiger partial charge >= 0.3 is 0 Å². The van der Waals surface area contributed by atoms with Crippen molar-refractivity contribution < 1.29 is 14.0 Å². The third kappa shape index (κ3) is 3.82. The number of anilines is 2. The number of carbonyl (C=O) groups excluding carboxylic acids is 2. The van der Waals surface area contributed by atoms with E-state index in [1.807, 2.05) is 37.3 Å². The minimum atomic E-state index is -0.318. The van der Waals surface area contributed by atoms with Crippen molar-refractivity contribution in [2.24, 2.45) is 5.92 Å². The van der Waals surface area contributed by atoms with Crippen LogP contribution in [0.3, 0.4) is 0 Å². The van der Waals surface area contributed by atoms with E-state index in [-0.39, 0.29) is 23.7 Å². The average molecular weight is 489 g/mol. The number of hydrogen-bond donors (Lipinski definition) is 2. The maximum absolute atomic E-state index is 14.9. The summed E-state index contributed by atoms with van der Waals surface area (Å²) in [6, 6.07) is 12.9. The number of rotatable bonds is 3. The zero-order chi connectivity index (χ0) is 24.1. The van der Waals surface area contributed by atoms with Gasteiger partial charge in [-0.25, -0.2) is 9.37 Å². The average Bonchev–Trinajstić information content (AvgIpc) is 3.20. The zero-order valence-electron chi connectivity index (χ0n) is 19.3. The largest absolute Gasteiger partial charge is 0.381 e. The molecule has 0 spiro atoms. The Labute approximate surface area is 206 Å². The summed E-state index contributed by atoms with van der Waals surface area (Å²) in [7, 11) is 0. The molecule has 2 aromatic carbocycles. The number of amides is 1. The van der Waals surface area contributed by atoms with Crippen molar-refractivity contribution >= 4 is 55.9 Å². The molecule has 8 heteroatoms. The van der Waals surface area contributed by atoms with Crippen LogP contribution in [-0.2, 0) is 4.79 Å². The van der Waals surface area contributed by atoms with Gasteiger partial charge in [-0.15, -0.1) is 11.3 Å². The Morgan fingerprint density at radius 2 is 1.97 bits per heavy atom. The molecular formula is C27H25FN4O2S. The third-order valence-electron chi connectivity index (χ3n) is 7.01. The Hall–Kier alpha value is -3.52. The molecule has 1 saturated heterocycles. The van der Waals surface area contributed by atoms with E-state index in [1.54, 1.807) is 6.07 Å². The first-order valence-corrected chi connectivity index (χ1v) is 12.7. The highest BCUT2D eigenvalue weighted by Crippen LogP contribution is 2.41. The van der Waals surface area contributed by atoms with Crippen LogP contribution >= 0.6 is 11.3 Å². The number of halogens is 1. The van der Waals surface area contributed by atoms with Gasteiger partial charge in [0, 0.05) is 58.3 Å². The fourth-order valence-corrected chi connectivity index (χ4v) is 6.17. The van der Waals surface area contributed by atoms with Crippen LogP contribution in [0.5, 0.6) is 0 Å². The fraction of sp³-hybridized carbons (Fsp3) is 0.296. The van der Waals surface area contributed by atoms with Gasteiger partial charge in [0.25, 0.3) is 5.91 Å². The number of piperidine rings is 1. The number of pyridine rings is 1. The van der Waals surface area contributed by atoms with Crippen LogP contribution in [-0.4, -0.2) is 42.9 Å². The van der Waals surface area contributed by atoms with E-state index >= 15 is 0 Å². The Morgan fingerprint density at radius 1 is 1.14 bits per heavy atom. The predicted molar refractivity (Wildman–Crippen MR) is 139 cm³/mol.